The van der Waals surface area contributed by atoms with E-state index in [9.17, 15) is 55.9 Å². The van der Waals surface area contributed by atoms with Crippen molar-refractivity contribution in [2.45, 2.75) is 224 Å². The second kappa shape index (κ2) is 17.2. The van der Waals surface area contributed by atoms with Crippen molar-refractivity contribution in [2.75, 3.05) is 6.61 Å². The van der Waals surface area contributed by atoms with E-state index in [1.165, 1.54) is 6.92 Å². The Hall–Kier alpha value is -1.39. The predicted molar refractivity (Wildman–Crippen MR) is 229 cm³/mol. The first kappa shape index (κ1) is 50.0. The number of aliphatic hydroxyl groups excluding tert-OH is 9. The van der Waals surface area contributed by atoms with Gasteiger partial charge in [0.1, 0.15) is 61.0 Å². The van der Waals surface area contributed by atoms with Crippen LogP contribution in [0.2, 0.25) is 0 Å². The molecule has 24 atom stereocenters. The lowest BCUT2D eigenvalue weighted by atomic mass is 9.33. The maximum Gasteiger partial charge on any atom is 0.335 e. The minimum absolute atomic E-state index is 0.00181. The third-order valence-corrected chi connectivity index (χ3v) is 19.4. The average Bonchev–Trinajstić information content (AvgIpc) is 3.22. The number of aliphatic carboxylic acids is 1. The molecular weight excluding hydrogens is 849 g/mol. The molecule has 0 radical (unpaired) electrons. The molecule has 3 heterocycles. The Bertz CT molecular complexity index is 1790. The molecule has 372 valence electrons. The van der Waals surface area contributed by atoms with Gasteiger partial charge in [-0.05, 0) is 110 Å². The highest BCUT2D eigenvalue weighted by molar-refractivity contribution is 5.73. The number of fused-ring (bicyclic) bond motifs is 7. The van der Waals surface area contributed by atoms with Gasteiger partial charge in [0.05, 0.1) is 24.9 Å². The Kier molecular flexibility index (Phi) is 13.2. The first-order valence-corrected chi connectivity index (χ1v) is 24.1. The summed E-state index contributed by atoms with van der Waals surface area (Å²) in [4.78, 5) is 12.5. The van der Waals surface area contributed by atoms with Crippen LogP contribution in [-0.4, -0.2) is 168 Å². The van der Waals surface area contributed by atoms with Crippen LogP contribution in [0.3, 0.4) is 0 Å². The summed E-state index contributed by atoms with van der Waals surface area (Å²) in [5, 5.41) is 108. The molecule has 0 amide bonds. The fourth-order valence-electron chi connectivity index (χ4n) is 15.1. The van der Waals surface area contributed by atoms with E-state index in [1.807, 2.05) is 0 Å². The standard InChI is InChI=1S/C48H78O17/c1-21-29(51)31(53)35(57)40(60-21)64-37-32(54)30(52)24(20-49)61-41(37)65-38-34(56)33(55)36(39(58)59)63-42(38)62-28-13-14-46(7)25(44(28,4)5)12-15-48(9)26(46)11-10-22-23-18-43(2,3)19-27(50)45(23,6)16-17-47(22,48)8/h10,21,23-38,40-42,49-57H,11-20H2,1-9H3,(H,58,59)/t21-,23+,24+,25+,26+,27+,28-,29-,30-,31+,32-,33-,34-,35+,36-,37+,38+,40-,41-,42+,45+,46-,47+,48+/m0/s1. The summed E-state index contributed by atoms with van der Waals surface area (Å²) in [6.07, 6.45) is -15.9. The Balaban J connectivity index is 1.06. The largest absolute Gasteiger partial charge is 0.479 e. The smallest absolute Gasteiger partial charge is 0.335 e. The molecule has 7 fully saturated rings. The Morgan fingerprint density at radius 2 is 1.29 bits per heavy atom. The molecule has 0 spiro atoms. The summed E-state index contributed by atoms with van der Waals surface area (Å²) in [5.74, 6) is -0.724. The monoisotopic (exact) mass is 927 g/mol. The second-order valence-electron chi connectivity index (χ2n) is 23.8. The van der Waals surface area contributed by atoms with E-state index in [-0.39, 0.29) is 39.1 Å². The van der Waals surface area contributed by atoms with Crippen molar-refractivity contribution < 1.29 is 84.3 Å². The number of carbonyl (C=O) groups is 1. The lowest BCUT2D eigenvalue weighted by molar-refractivity contribution is -0.395. The molecule has 5 aliphatic carbocycles. The highest BCUT2D eigenvalue weighted by Crippen LogP contribution is 2.76. The molecule has 0 aromatic rings. The van der Waals surface area contributed by atoms with Gasteiger partial charge < -0.3 is 79.5 Å². The van der Waals surface area contributed by atoms with Gasteiger partial charge >= 0.3 is 5.97 Å². The topological polar surface area (TPSA) is 275 Å². The van der Waals surface area contributed by atoms with E-state index in [2.05, 4.69) is 61.5 Å². The Morgan fingerprint density at radius 1 is 0.662 bits per heavy atom. The third-order valence-electron chi connectivity index (χ3n) is 19.4. The van der Waals surface area contributed by atoms with Crippen molar-refractivity contribution in [3.63, 3.8) is 0 Å². The average molecular weight is 927 g/mol. The van der Waals surface area contributed by atoms with E-state index in [0.717, 1.165) is 51.4 Å². The number of carboxylic acid groups (broad SMARTS) is 1. The van der Waals surface area contributed by atoms with Crippen LogP contribution in [0.15, 0.2) is 11.6 Å². The lowest BCUT2D eigenvalue weighted by Gasteiger charge is -2.71. The summed E-state index contributed by atoms with van der Waals surface area (Å²) in [6, 6.07) is 0. The van der Waals surface area contributed by atoms with Gasteiger partial charge in [0.2, 0.25) is 0 Å². The zero-order chi connectivity index (χ0) is 47.7. The molecule has 17 nitrogen and oxygen atoms in total. The number of allylic oxidation sites excluding steroid dienone is 2. The molecule has 0 aromatic heterocycles. The van der Waals surface area contributed by atoms with Crippen molar-refractivity contribution in [3.8, 4) is 0 Å². The van der Waals surface area contributed by atoms with E-state index in [1.54, 1.807) is 5.57 Å². The van der Waals surface area contributed by atoms with Crippen LogP contribution in [0.25, 0.3) is 0 Å². The van der Waals surface area contributed by atoms with Crippen LogP contribution in [0.5, 0.6) is 0 Å². The molecule has 17 heteroatoms. The normalized spacial score (nSPS) is 55.1. The Labute approximate surface area is 382 Å². The number of rotatable bonds is 8. The maximum absolute atomic E-state index is 12.5. The molecule has 65 heavy (non-hydrogen) atoms. The van der Waals surface area contributed by atoms with Crippen molar-refractivity contribution >= 4 is 5.97 Å². The predicted octanol–water partition coefficient (Wildman–Crippen LogP) is 1.73. The molecule has 3 aliphatic heterocycles. The van der Waals surface area contributed by atoms with Crippen molar-refractivity contribution in [2.24, 2.45) is 50.2 Å². The number of hydrogen-bond donors (Lipinski definition) is 10. The highest BCUT2D eigenvalue weighted by Gasteiger charge is 2.69. The van der Waals surface area contributed by atoms with E-state index in [0.29, 0.717) is 18.3 Å². The molecule has 0 unspecified atom stereocenters. The quantitative estimate of drug-likeness (QED) is 0.123. The van der Waals surface area contributed by atoms with Gasteiger partial charge in [0.25, 0.3) is 0 Å². The number of hydrogen-bond acceptors (Lipinski definition) is 16. The first-order valence-electron chi connectivity index (χ1n) is 24.1. The summed E-state index contributed by atoms with van der Waals surface area (Å²) in [6.45, 7) is 19.3. The van der Waals surface area contributed by atoms with Gasteiger partial charge in [0.15, 0.2) is 25.0 Å². The van der Waals surface area contributed by atoms with Crippen molar-refractivity contribution in [1.82, 2.24) is 0 Å². The van der Waals surface area contributed by atoms with E-state index in [4.69, 9.17) is 28.4 Å². The summed E-state index contributed by atoms with van der Waals surface area (Å²) < 4.78 is 36.4. The first-order chi connectivity index (χ1) is 30.2. The minimum atomic E-state index is -2.02. The molecule has 10 N–H and O–H groups in total. The SMILES string of the molecule is C[C@@H]1O[C@@H](O[C@H]2[C@H](O[C@H]3[C@H](O[C@H]4CC[C@@]5(C)[C@H](CC[C@]6(C)[C@@H]5CC=C5[C@H]7CC(C)(C)C[C@@H](O)[C@]7(C)CC[C@]56C)C4(C)C)O[C@H](C(=O)O)[C@@H](O)[C@@H]3O)O[C@H](CO)[C@H](O)[C@@H]2O)[C@H](O)[C@H](O)[C@H]1O. The zero-order valence-electron chi connectivity index (χ0n) is 39.5. The molecule has 3 saturated heterocycles. The Morgan fingerprint density at radius 3 is 1.94 bits per heavy atom. The van der Waals surface area contributed by atoms with Crippen LogP contribution in [0.4, 0.5) is 0 Å². The third kappa shape index (κ3) is 7.81. The summed E-state index contributed by atoms with van der Waals surface area (Å²) in [7, 11) is 0. The van der Waals surface area contributed by atoms with Gasteiger partial charge in [-0.1, -0.05) is 67.0 Å². The molecule has 4 saturated carbocycles. The zero-order valence-corrected chi connectivity index (χ0v) is 39.5. The molecule has 8 rings (SSSR count). The van der Waals surface area contributed by atoms with Crippen LogP contribution >= 0.6 is 0 Å². The van der Waals surface area contributed by atoms with Crippen LogP contribution in [0.1, 0.15) is 120 Å². The fourth-order valence-corrected chi connectivity index (χ4v) is 15.1. The van der Waals surface area contributed by atoms with Crippen molar-refractivity contribution in [1.29, 1.82) is 0 Å². The van der Waals surface area contributed by atoms with E-state index < -0.39 is 116 Å². The minimum Gasteiger partial charge on any atom is -0.479 e. The molecule has 8 aliphatic rings. The van der Waals surface area contributed by atoms with E-state index >= 15 is 0 Å². The summed E-state index contributed by atoms with van der Waals surface area (Å²) in [5.41, 5.74) is 0.763. The molecular formula is C48H78O17. The van der Waals surface area contributed by atoms with Crippen LogP contribution < -0.4 is 0 Å². The van der Waals surface area contributed by atoms with Crippen LogP contribution in [-0.2, 0) is 33.2 Å². The van der Waals surface area contributed by atoms with Gasteiger partial charge in [-0.25, -0.2) is 4.79 Å². The van der Waals surface area contributed by atoms with Gasteiger partial charge in [-0.3, -0.25) is 0 Å². The lowest BCUT2D eigenvalue weighted by Crippen LogP contribution is -2.68. The summed E-state index contributed by atoms with van der Waals surface area (Å²) >= 11 is 0. The fraction of sp³-hybridized carbons (Fsp3) is 0.938. The van der Waals surface area contributed by atoms with Gasteiger partial charge in [-0.2, -0.15) is 0 Å². The second-order valence-corrected chi connectivity index (χ2v) is 23.8. The van der Waals surface area contributed by atoms with Crippen LogP contribution in [0, 0.1) is 50.2 Å². The highest BCUT2D eigenvalue weighted by atomic mass is 16.8. The van der Waals surface area contributed by atoms with Gasteiger partial charge in [0, 0.05) is 5.41 Å². The maximum atomic E-state index is 12.5. The van der Waals surface area contributed by atoms with Gasteiger partial charge in [-0.15, -0.1) is 0 Å². The number of ether oxygens (including phenoxy) is 6. The number of carboxylic acids is 1. The van der Waals surface area contributed by atoms with Crippen molar-refractivity contribution in [3.05, 3.63) is 11.6 Å². The molecule has 0 aromatic carbocycles. The number of aliphatic hydroxyl groups is 9. The molecule has 0 bridgehead atoms.